The molecule has 34 heavy (non-hydrogen) atoms. The zero-order valence-electron chi connectivity index (χ0n) is 20.0. The van der Waals surface area contributed by atoms with Crippen LogP contribution in [0, 0.1) is 18.8 Å². The molecule has 7 nitrogen and oxygen atoms in total. The van der Waals surface area contributed by atoms with Gasteiger partial charge in [-0.3, -0.25) is 4.72 Å². The Bertz CT molecular complexity index is 1290. The topological polar surface area (TPSA) is 90.4 Å². The molecule has 8 heteroatoms. The molecule has 0 saturated heterocycles. The van der Waals surface area contributed by atoms with Crippen LogP contribution in [0.5, 0.6) is 5.88 Å². The van der Waals surface area contributed by atoms with E-state index in [9.17, 15) is 8.42 Å². The monoisotopic (exact) mass is 479 g/mol. The van der Waals surface area contributed by atoms with E-state index < -0.39 is 10.0 Å². The van der Waals surface area contributed by atoms with Gasteiger partial charge >= 0.3 is 0 Å². The van der Waals surface area contributed by atoms with Crippen molar-refractivity contribution in [2.24, 2.45) is 0 Å². The highest BCUT2D eigenvalue weighted by atomic mass is 32.2. The molecule has 1 N–H and O–H groups in total. The first-order chi connectivity index (χ1) is 16.1. The summed E-state index contributed by atoms with van der Waals surface area (Å²) in [6, 6.07) is 14.4. The standard InChI is InChI=1S/C26H29N3O4S/c1-19-8-10-20(11-9-19)23-24(27-18-28-25(23)33-17-7-6-16-32-5)29-34(30,31)22-14-12-21(13-15-22)26(2,3)4/h8-15,18H,16-17H2,1-5H3,(H,27,28,29). The Hall–Kier alpha value is -3.41. The van der Waals surface area contributed by atoms with Crippen molar-refractivity contribution in [2.45, 2.75) is 38.0 Å². The minimum atomic E-state index is -3.90. The Morgan fingerprint density at radius 1 is 0.941 bits per heavy atom. The average Bonchev–Trinajstić information content (AvgIpc) is 2.79. The first-order valence-electron chi connectivity index (χ1n) is 10.7. The third-order valence-electron chi connectivity index (χ3n) is 5.04. The number of nitrogens with zero attached hydrogens (tertiary/aromatic N) is 2. The largest absolute Gasteiger partial charge is 0.464 e. The van der Waals surface area contributed by atoms with Crippen LogP contribution in [0.2, 0.25) is 0 Å². The normalized spacial score (nSPS) is 11.4. The number of hydrogen-bond donors (Lipinski definition) is 1. The number of aromatic nitrogens is 2. The summed E-state index contributed by atoms with van der Waals surface area (Å²) in [5.41, 5.74) is 3.17. The van der Waals surface area contributed by atoms with Gasteiger partial charge in [0.25, 0.3) is 10.0 Å². The number of rotatable bonds is 7. The number of nitrogens with one attached hydrogen (secondary N) is 1. The number of ether oxygens (including phenoxy) is 2. The van der Waals surface area contributed by atoms with Crippen molar-refractivity contribution in [2.75, 3.05) is 25.0 Å². The molecule has 0 atom stereocenters. The predicted molar refractivity (Wildman–Crippen MR) is 133 cm³/mol. The molecule has 2 aromatic carbocycles. The number of aryl methyl sites for hydroxylation is 1. The summed E-state index contributed by atoms with van der Waals surface area (Å²) in [5, 5.41) is 0. The zero-order valence-corrected chi connectivity index (χ0v) is 20.9. The van der Waals surface area contributed by atoms with E-state index in [4.69, 9.17) is 9.47 Å². The van der Waals surface area contributed by atoms with Crippen LogP contribution in [0.1, 0.15) is 31.9 Å². The minimum absolute atomic E-state index is 0.0691. The second kappa shape index (κ2) is 10.7. The smallest absolute Gasteiger partial charge is 0.263 e. The molecule has 0 bridgehead atoms. The Balaban J connectivity index is 1.99. The predicted octanol–water partition coefficient (Wildman–Crippen LogP) is 4.58. The fourth-order valence-electron chi connectivity index (χ4n) is 3.14. The van der Waals surface area contributed by atoms with Gasteiger partial charge in [-0.15, -0.1) is 0 Å². The van der Waals surface area contributed by atoms with Crippen molar-refractivity contribution in [1.29, 1.82) is 0 Å². The lowest BCUT2D eigenvalue weighted by molar-refractivity contribution is 0.239. The van der Waals surface area contributed by atoms with Crippen molar-refractivity contribution < 1.29 is 17.9 Å². The number of methoxy groups -OCH3 is 1. The lowest BCUT2D eigenvalue weighted by atomic mass is 9.87. The fraction of sp³-hybridized carbons (Fsp3) is 0.308. The second-order valence-corrected chi connectivity index (χ2v) is 10.4. The molecule has 3 rings (SSSR count). The molecule has 0 fully saturated rings. The molecule has 0 aliphatic rings. The summed E-state index contributed by atoms with van der Waals surface area (Å²) in [7, 11) is -2.34. The van der Waals surface area contributed by atoms with Crippen LogP contribution in [-0.2, 0) is 20.2 Å². The summed E-state index contributed by atoms with van der Waals surface area (Å²) in [6.45, 7) is 8.55. The van der Waals surface area contributed by atoms with Crippen molar-refractivity contribution in [3.8, 4) is 28.8 Å². The Morgan fingerprint density at radius 2 is 1.59 bits per heavy atom. The summed E-state index contributed by atoms with van der Waals surface area (Å²) in [5.74, 6) is 6.00. The lowest BCUT2D eigenvalue weighted by Crippen LogP contribution is -2.16. The second-order valence-electron chi connectivity index (χ2n) is 8.72. The molecule has 3 aromatic rings. The summed E-state index contributed by atoms with van der Waals surface area (Å²) < 4.78 is 39.7. The van der Waals surface area contributed by atoms with Crippen LogP contribution in [0.15, 0.2) is 59.8 Å². The number of hydrogen-bond acceptors (Lipinski definition) is 6. The molecule has 0 spiro atoms. The van der Waals surface area contributed by atoms with Crippen molar-refractivity contribution in [1.82, 2.24) is 9.97 Å². The van der Waals surface area contributed by atoms with Crippen molar-refractivity contribution >= 4 is 15.8 Å². The molecular formula is C26H29N3O4S. The highest BCUT2D eigenvalue weighted by Crippen LogP contribution is 2.35. The van der Waals surface area contributed by atoms with Crippen LogP contribution < -0.4 is 9.46 Å². The third kappa shape index (κ3) is 6.34. The molecule has 0 aliphatic carbocycles. The average molecular weight is 480 g/mol. The molecule has 1 heterocycles. The molecule has 0 aliphatic heterocycles. The van der Waals surface area contributed by atoms with Gasteiger partial charge in [0.2, 0.25) is 5.88 Å². The van der Waals surface area contributed by atoms with Gasteiger partial charge in [-0.25, -0.2) is 18.4 Å². The van der Waals surface area contributed by atoms with E-state index in [1.807, 2.05) is 43.3 Å². The van der Waals surface area contributed by atoms with Crippen LogP contribution in [0.4, 0.5) is 5.82 Å². The summed E-state index contributed by atoms with van der Waals surface area (Å²) in [6.07, 6.45) is 1.26. The Morgan fingerprint density at radius 3 is 2.21 bits per heavy atom. The van der Waals surface area contributed by atoms with Gasteiger partial charge < -0.3 is 9.47 Å². The Kier molecular flexibility index (Phi) is 7.92. The van der Waals surface area contributed by atoms with Crippen LogP contribution in [0.25, 0.3) is 11.1 Å². The summed E-state index contributed by atoms with van der Waals surface area (Å²) in [4.78, 5) is 8.60. The van der Waals surface area contributed by atoms with Gasteiger partial charge in [0.1, 0.15) is 12.9 Å². The van der Waals surface area contributed by atoms with Crippen LogP contribution >= 0.6 is 0 Å². The maximum atomic E-state index is 13.2. The van der Waals surface area contributed by atoms with Gasteiger partial charge in [-0.2, -0.15) is 0 Å². The SMILES string of the molecule is COCC#CCOc1ncnc(NS(=O)(=O)c2ccc(C(C)(C)C)cc2)c1-c1ccc(C)cc1. The van der Waals surface area contributed by atoms with Crippen molar-refractivity contribution in [3.63, 3.8) is 0 Å². The maximum Gasteiger partial charge on any atom is 0.263 e. The maximum absolute atomic E-state index is 13.2. The highest BCUT2D eigenvalue weighted by Gasteiger charge is 2.22. The van der Waals surface area contributed by atoms with Gasteiger partial charge in [0, 0.05) is 7.11 Å². The molecule has 0 unspecified atom stereocenters. The van der Waals surface area contributed by atoms with E-state index in [0.29, 0.717) is 11.1 Å². The van der Waals surface area contributed by atoms with E-state index in [-0.39, 0.29) is 35.2 Å². The fourth-order valence-corrected chi connectivity index (χ4v) is 4.16. The van der Waals surface area contributed by atoms with Gasteiger partial charge in [0.15, 0.2) is 12.4 Å². The molecule has 0 radical (unpaired) electrons. The Labute approximate surface area is 201 Å². The molecule has 0 saturated carbocycles. The molecule has 1 aromatic heterocycles. The van der Waals surface area contributed by atoms with Crippen LogP contribution in [0.3, 0.4) is 0 Å². The number of sulfonamides is 1. The number of benzene rings is 2. The third-order valence-corrected chi connectivity index (χ3v) is 6.39. The molecule has 178 valence electrons. The van der Waals surface area contributed by atoms with E-state index in [2.05, 4.69) is 47.3 Å². The molecule has 0 amide bonds. The summed E-state index contributed by atoms with van der Waals surface area (Å²) >= 11 is 0. The molecular weight excluding hydrogens is 450 g/mol. The van der Waals surface area contributed by atoms with E-state index in [0.717, 1.165) is 11.1 Å². The highest BCUT2D eigenvalue weighted by molar-refractivity contribution is 7.92. The first-order valence-corrected chi connectivity index (χ1v) is 12.2. The first kappa shape index (κ1) is 25.2. The van der Waals surface area contributed by atoms with E-state index >= 15 is 0 Å². The van der Waals surface area contributed by atoms with Crippen molar-refractivity contribution in [3.05, 3.63) is 66.0 Å². The van der Waals surface area contributed by atoms with Crippen LogP contribution in [-0.4, -0.2) is 38.7 Å². The number of anilines is 1. The van der Waals surface area contributed by atoms with E-state index in [1.165, 1.54) is 6.33 Å². The van der Waals surface area contributed by atoms with Gasteiger partial charge in [-0.05, 0) is 35.6 Å². The lowest BCUT2D eigenvalue weighted by Gasteiger charge is -2.19. The van der Waals surface area contributed by atoms with Gasteiger partial charge in [-0.1, -0.05) is 74.6 Å². The minimum Gasteiger partial charge on any atom is -0.464 e. The quantitative estimate of drug-likeness (QED) is 0.499. The zero-order chi connectivity index (χ0) is 24.8. The van der Waals surface area contributed by atoms with E-state index in [1.54, 1.807) is 19.2 Å². The van der Waals surface area contributed by atoms with Gasteiger partial charge in [0.05, 0.1) is 10.5 Å².